The number of hydrogen-bond acceptors (Lipinski definition) is 7. The molecule has 0 saturated carbocycles. The summed E-state index contributed by atoms with van der Waals surface area (Å²) in [7, 11) is -0.491. The van der Waals surface area contributed by atoms with E-state index < -0.39 is 7.26 Å². The van der Waals surface area contributed by atoms with Gasteiger partial charge in [-0.3, -0.25) is 4.98 Å². The maximum absolute atomic E-state index is 5.79. The minimum absolute atomic E-state index is 0. The first kappa shape index (κ1) is 37.6. The molecule has 241 valence electrons. The molecule has 0 fully saturated rings. The molecule has 0 atom stereocenters. The molecule has 0 bridgehead atoms. The molecule has 0 amide bonds. The van der Waals surface area contributed by atoms with E-state index in [1.54, 1.807) is 13.2 Å². The molecular weight excluding hydrogens is 757 g/mol. The van der Waals surface area contributed by atoms with Gasteiger partial charge in [0, 0.05) is 24.0 Å². The van der Waals surface area contributed by atoms with Gasteiger partial charge in [-0.15, -0.1) is 10.2 Å². The summed E-state index contributed by atoms with van der Waals surface area (Å²) in [6.07, 6.45) is 2.24. The van der Waals surface area contributed by atoms with Crippen molar-refractivity contribution >= 4 is 70.2 Å². The van der Waals surface area contributed by atoms with Crippen LogP contribution in [0.4, 0.5) is 0 Å². The molecule has 0 aliphatic carbocycles. The molecule has 4 aromatic carbocycles. The molecular formula is C35H31BrCuN7PS2. The largest absolute Gasteiger partial charge is 2.00 e. The van der Waals surface area contributed by atoms with Crippen LogP contribution in [0.25, 0.3) is 0 Å². The van der Waals surface area contributed by atoms with E-state index in [0.29, 0.717) is 23.4 Å². The SMILES string of the molecule is CNC([S-])=NN=C(C(=NN=C([S-])NC[P+](c1ccccc1)(c1ccccc1)c1ccccc1)c1ccccc1)c1ccccn1.[Br-].[Cu+2]. The van der Waals surface area contributed by atoms with Gasteiger partial charge in [-0.05, 0) is 53.7 Å². The Morgan fingerprint density at radius 1 is 0.596 bits per heavy atom. The van der Waals surface area contributed by atoms with E-state index in [2.05, 4.69) is 109 Å². The van der Waals surface area contributed by atoms with Crippen LogP contribution in [-0.2, 0) is 42.3 Å². The molecule has 7 nitrogen and oxygen atoms in total. The molecule has 1 radical (unpaired) electrons. The molecule has 5 rings (SSSR count). The maximum atomic E-state index is 5.79. The first-order valence-corrected chi connectivity index (χ1v) is 17.0. The summed E-state index contributed by atoms with van der Waals surface area (Å²) in [6, 6.07) is 46.9. The molecule has 0 unspecified atom stereocenters. The van der Waals surface area contributed by atoms with E-state index in [4.69, 9.17) is 25.3 Å². The summed E-state index contributed by atoms with van der Waals surface area (Å²) in [5.41, 5.74) is 2.21. The predicted octanol–water partition coefficient (Wildman–Crippen LogP) is 1.76. The summed E-state index contributed by atoms with van der Waals surface area (Å²) < 4.78 is 0. The van der Waals surface area contributed by atoms with Gasteiger partial charge in [0.25, 0.3) is 0 Å². The molecule has 0 aliphatic rings. The third-order valence-electron chi connectivity index (χ3n) is 6.93. The van der Waals surface area contributed by atoms with Gasteiger partial charge in [0.1, 0.15) is 40.9 Å². The number of aromatic nitrogens is 1. The molecule has 0 saturated heterocycles. The van der Waals surface area contributed by atoms with E-state index in [0.717, 1.165) is 5.56 Å². The maximum Gasteiger partial charge on any atom is 2.00 e. The minimum Gasteiger partial charge on any atom is -1.00 e. The molecule has 2 N–H and O–H groups in total. The Labute approximate surface area is 308 Å². The second-order valence-corrected chi connectivity index (χ2v) is 13.9. The molecule has 1 heterocycles. The monoisotopic (exact) mass is 786 g/mol. The summed E-state index contributed by atoms with van der Waals surface area (Å²) >= 11 is 11.0. The molecule has 47 heavy (non-hydrogen) atoms. The van der Waals surface area contributed by atoms with E-state index in [1.807, 2.05) is 66.7 Å². The zero-order chi connectivity index (χ0) is 31.3. The fourth-order valence-corrected chi connectivity index (χ4v) is 8.92. The van der Waals surface area contributed by atoms with Crippen LogP contribution in [0.5, 0.6) is 0 Å². The van der Waals surface area contributed by atoms with Crippen LogP contribution >= 0.6 is 7.26 Å². The number of rotatable bonds is 10. The number of amidine groups is 2. The Balaban J connectivity index is 0.00000300. The molecule has 0 spiro atoms. The Morgan fingerprint density at radius 2 is 1.04 bits per heavy atom. The van der Waals surface area contributed by atoms with Gasteiger partial charge in [-0.1, -0.05) is 91.0 Å². The van der Waals surface area contributed by atoms with Crippen molar-refractivity contribution in [2.24, 2.45) is 20.4 Å². The second-order valence-electron chi connectivity index (χ2n) is 9.69. The van der Waals surface area contributed by atoms with Gasteiger partial charge in [0.05, 0.1) is 5.69 Å². The van der Waals surface area contributed by atoms with Crippen LogP contribution in [0, 0.1) is 0 Å². The zero-order valence-electron chi connectivity index (χ0n) is 25.2. The van der Waals surface area contributed by atoms with Crippen molar-refractivity contribution in [3.8, 4) is 0 Å². The van der Waals surface area contributed by atoms with Gasteiger partial charge >= 0.3 is 17.1 Å². The minimum atomic E-state index is -2.18. The normalized spacial score (nSPS) is 12.4. The number of halogens is 1. The summed E-state index contributed by atoms with van der Waals surface area (Å²) in [6.45, 7) is 0. The predicted molar refractivity (Wildman–Crippen MR) is 196 cm³/mol. The molecule has 5 aromatic rings. The first-order valence-electron chi connectivity index (χ1n) is 14.2. The summed E-state index contributed by atoms with van der Waals surface area (Å²) in [5, 5.41) is 28.2. The Morgan fingerprint density at radius 3 is 1.51 bits per heavy atom. The molecule has 0 aliphatic heterocycles. The number of nitrogens with zero attached hydrogens (tertiary/aromatic N) is 5. The van der Waals surface area contributed by atoms with Crippen LogP contribution in [0.15, 0.2) is 166 Å². The van der Waals surface area contributed by atoms with E-state index in [9.17, 15) is 0 Å². The van der Waals surface area contributed by atoms with Crippen molar-refractivity contribution in [3.05, 3.63) is 157 Å². The number of benzene rings is 4. The van der Waals surface area contributed by atoms with Crippen molar-refractivity contribution in [2.75, 3.05) is 13.3 Å². The van der Waals surface area contributed by atoms with Crippen molar-refractivity contribution < 1.29 is 34.1 Å². The average Bonchev–Trinajstić information content (AvgIpc) is 3.12. The molecule has 12 heteroatoms. The first-order chi connectivity index (χ1) is 22.1. The third kappa shape index (κ3) is 9.61. The Bertz CT molecular complexity index is 1700. The van der Waals surface area contributed by atoms with E-state index >= 15 is 0 Å². The standard InChI is InChI=1S/C35H32N7PS2.BrH.Cu/c1-36-34(44)41-40-33(31-24-14-15-25-37-31)32(27-16-6-2-7-17-27)39-42-35(45)38-26-43(28-18-8-3-9-19-28,29-20-10-4-11-21-29)30-22-12-5-13-23-30;;/h2-25H,26H2,1H3,(H3-,36,37,38,39,40,41,42,44,45);1H;/q;;+2/p-2. The Hall–Kier alpha value is -3.82. The van der Waals surface area contributed by atoms with Crippen LogP contribution < -0.4 is 43.5 Å². The summed E-state index contributed by atoms with van der Waals surface area (Å²) in [5.74, 6) is 0. The van der Waals surface area contributed by atoms with Crippen molar-refractivity contribution in [1.82, 2.24) is 15.6 Å². The zero-order valence-corrected chi connectivity index (χ0v) is 30.3. The number of pyridine rings is 1. The smallest absolute Gasteiger partial charge is 1.00 e. The van der Waals surface area contributed by atoms with Crippen molar-refractivity contribution in [3.63, 3.8) is 0 Å². The van der Waals surface area contributed by atoms with Gasteiger partial charge < -0.3 is 52.9 Å². The van der Waals surface area contributed by atoms with Gasteiger partial charge in [0.15, 0.2) is 0 Å². The third-order valence-corrected chi connectivity index (χ3v) is 11.6. The fourth-order valence-electron chi connectivity index (χ4n) is 4.79. The Kier molecular flexibility index (Phi) is 15.3. The molecule has 1 aromatic heterocycles. The van der Waals surface area contributed by atoms with Crippen LogP contribution in [0.1, 0.15) is 11.3 Å². The van der Waals surface area contributed by atoms with Gasteiger partial charge in [-0.2, -0.15) is 10.2 Å². The summed E-state index contributed by atoms with van der Waals surface area (Å²) in [4.78, 5) is 4.50. The van der Waals surface area contributed by atoms with Crippen molar-refractivity contribution in [1.29, 1.82) is 0 Å². The average molecular weight is 788 g/mol. The van der Waals surface area contributed by atoms with E-state index in [-0.39, 0.29) is 44.4 Å². The van der Waals surface area contributed by atoms with Crippen molar-refractivity contribution in [2.45, 2.75) is 0 Å². The topological polar surface area (TPSA) is 86.4 Å². The van der Waals surface area contributed by atoms with Crippen LogP contribution in [-0.4, -0.2) is 40.1 Å². The fraction of sp³-hybridized carbons (Fsp3) is 0.0571. The van der Waals surface area contributed by atoms with E-state index in [1.165, 1.54) is 15.9 Å². The van der Waals surface area contributed by atoms with Crippen LogP contribution in [0.3, 0.4) is 0 Å². The van der Waals surface area contributed by atoms with Crippen LogP contribution in [0.2, 0.25) is 0 Å². The number of nitrogens with one attached hydrogen (secondary N) is 2. The van der Waals surface area contributed by atoms with Gasteiger partial charge in [0.2, 0.25) is 0 Å². The second kappa shape index (κ2) is 19.1. The quantitative estimate of drug-likeness (QED) is 0.0564. The number of hydrogen-bond donors (Lipinski definition) is 2. The van der Waals surface area contributed by atoms with Gasteiger partial charge in [-0.25, -0.2) is 0 Å².